The first-order valence-corrected chi connectivity index (χ1v) is 12.0. The Kier molecular flexibility index (Phi) is 5.42. The molecule has 0 radical (unpaired) electrons. The highest BCUT2D eigenvalue weighted by Crippen LogP contribution is 2.46. The summed E-state index contributed by atoms with van der Waals surface area (Å²) in [5, 5.41) is 14.3. The molecule has 1 saturated carbocycles. The van der Waals surface area contributed by atoms with Gasteiger partial charge < -0.3 is 14.5 Å². The first kappa shape index (κ1) is 22.0. The molecule has 2 fully saturated rings. The van der Waals surface area contributed by atoms with Gasteiger partial charge in [0.05, 0.1) is 27.3 Å². The van der Waals surface area contributed by atoms with Crippen molar-refractivity contribution in [1.29, 1.82) is 0 Å². The predicted molar refractivity (Wildman–Crippen MR) is 133 cm³/mol. The van der Waals surface area contributed by atoms with Gasteiger partial charge in [-0.3, -0.25) is 9.97 Å². The zero-order chi connectivity index (χ0) is 24.1. The minimum atomic E-state index is -1.09. The standard InChI is InChI=1S/C25H19Cl2N5O3/c26-17-8-28-9-18(27)22(17)23-16(24(35-31-23)14-2-3-14)5-1-13-11-32(12-13)15-4-6-19-20(7-15)29-10-21(30-19)25(33)34/h1,4-10,13-14H,2-3,11-12H2,(H,33,34). The van der Waals surface area contributed by atoms with E-state index in [0.717, 1.165) is 42.9 Å². The fraction of sp³-hybridized carbons (Fsp3) is 0.240. The number of pyridine rings is 1. The van der Waals surface area contributed by atoms with Crippen molar-refractivity contribution in [2.45, 2.75) is 18.8 Å². The molecule has 35 heavy (non-hydrogen) atoms. The van der Waals surface area contributed by atoms with Crippen LogP contribution in [-0.2, 0) is 0 Å². The van der Waals surface area contributed by atoms with Crippen molar-refractivity contribution >= 4 is 52.0 Å². The second-order valence-electron chi connectivity index (χ2n) is 8.82. The van der Waals surface area contributed by atoms with E-state index in [4.69, 9.17) is 32.8 Å². The largest absolute Gasteiger partial charge is 0.476 e. The molecule has 6 rings (SSSR count). The van der Waals surface area contributed by atoms with Crippen LogP contribution in [0, 0.1) is 5.92 Å². The number of fused-ring (bicyclic) bond motifs is 1. The monoisotopic (exact) mass is 507 g/mol. The normalized spacial score (nSPS) is 16.2. The van der Waals surface area contributed by atoms with Crippen molar-refractivity contribution in [1.82, 2.24) is 20.1 Å². The van der Waals surface area contributed by atoms with Gasteiger partial charge in [-0.05, 0) is 31.0 Å². The Morgan fingerprint density at radius 1 is 1.11 bits per heavy atom. The molecular formula is C25H19Cl2N5O3. The third-order valence-electron chi connectivity index (χ3n) is 6.35. The Balaban J connectivity index is 1.21. The highest BCUT2D eigenvalue weighted by Gasteiger charge is 2.33. The highest BCUT2D eigenvalue weighted by atomic mass is 35.5. The molecule has 1 saturated heterocycles. The number of rotatable bonds is 6. The Labute approximate surface area is 210 Å². The summed E-state index contributed by atoms with van der Waals surface area (Å²) >= 11 is 12.8. The van der Waals surface area contributed by atoms with E-state index in [1.165, 1.54) is 6.20 Å². The second-order valence-corrected chi connectivity index (χ2v) is 9.63. The molecule has 176 valence electrons. The number of anilines is 1. The molecule has 0 amide bonds. The zero-order valence-corrected chi connectivity index (χ0v) is 19.9. The van der Waals surface area contributed by atoms with Gasteiger partial charge in [0.15, 0.2) is 5.69 Å². The molecule has 4 heterocycles. The van der Waals surface area contributed by atoms with Gasteiger partial charge in [-0.15, -0.1) is 0 Å². The Morgan fingerprint density at radius 2 is 1.89 bits per heavy atom. The van der Waals surface area contributed by atoms with Crippen LogP contribution < -0.4 is 4.90 Å². The summed E-state index contributed by atoms with van der Waals surface area (Å²) in [4.78, 5) is 25.8. The first-order chi connectivity index (χ1) is 17.0. The summed E-state index contributed by atoms with van der Waals surface area (Å²) in [5.41, 5.74) is 4.40. The number of nitrogens with zero attached hydrogens (tertiary/aromatic N) is 5. The smallest absolute Gasteiger partial charge is 0.356 e. The summed E-state index contributed by atoms with van der Waals surface area (Å²) in [7, 11) is 0. The number of hydrogen-bond acceptors (Lipinski definition) is 7. The molecule has 1 N–H and O–H groups in total. The van der Waals surface area contributed by atoms with E-state index >= 15 is 0 Å². The van der Waals surface area contributed by atoms with Crippen LogP contribution >= 0.6 is 23.2 Å². The van der Waals surface area contributed by atoms with Crippen LogP contribution in [0.5, 0.6) is 0 Å². The van der Waals surface area contributed by atoms with Crippen molar-refractivity contribution in [3.8, 4) is 11.3 Å². The Hall–Kier alpha value is -3.49. The van der Waals surface area contributed by atoms with Crippen LogP contribution in [0.2, 0.25) is 10.0 Å². The third kappa shape index (κ3) is 4.13. The number of halogens is 2. The molecule has 0 atom stereocenters. The Morgan fingerprint density at radius 3 is 2.60 bits per heavy atom. The Bertz CT molecular complexity index is 1470. The third-order valence-corrected chi connectivity index (χ3v) is 6.92. The molecule has 0 bridgehead atoms. The average Bonchev–Trinajstić information content (AvgIpc) is 3.58. The predicted octanol–water partition coefficient (Wildman–Crippen LogP) is 5.71. The van der Waals surface area contributed by atoms with E-state index < -0.39 is 5.97 Å². The number of benzene rings is 1. The van der Waals surface area contributed by atoms with Gasteiger partial charge >= 0.3 is 5.97 Å². The van der Waals surface area contributed by atoms with Gasteiger partial charge in [0.25, 0.3) is 0 Å². The fourth-order valence-corrected chi connectivity index (χ4v) is 4.85. The van der Waals surface area contributed by atoms with Crippen molar-refractivity contribution in [3.05, 3.63) is 69.9 Å². The van der Waals surface area contributed by atoms with Gasteiger partial charge in [-0.1, -0.05) is 40.5 Å². The molecule has 4 aromatic rings. The van der Waals surface area contributed by atoms with Gasteiger partial charge in [0, 0.05) is 54.1 Å². The number of hydrogen-bond donors (Lipinski definition) is 1. The van der Waals surface area contributed by atoms with Gasteiger partial charge in [0.1, 0.15) is 11.5 Å². The van der Waals surface area contributed by atoms with Gasteiger partial charge in [-0.25, -0.2) is 9.78 Å². The maximum Gasteiger partial charge on any atom is 0.356 e. The highest BCUT2D eigenvalue weighted by molar-refractivity contribution is 6.39. The van der Waals surface area contributed by atoms with Crippen molar-refractivity contribution in [2.75, 3.05) is 18.0 Å². The van der Waals surface area contributed by atoms with Crippen LogP contribution in [0.25, 0.3) is 28.4 Å². The van der Waals surface area contributed by atoms with Crippen molar-refractivity contribution < 1.29 is 14.4 Å². The molecule has 3 aromatic heterocycles. The van der Waals surface area contributed by atoms with Crippen LogP contribution in [0.15, 0.2) is 47.4 Å². The van der Waals surface area contributed by atoms with E-state index in [0.29, 0.717) is 44.2 Å². The van der Waals surface area contributed by atoms with Gasteiger partial charge in [-0.2, -0.15) is 0 Å². The van der Waals surface area contributed by atoms with E-state index in [1.807, 2.05) is 12.1 Å². The number of aromatic nitrogens is 4. The lowest BCUT2D eigenvalue weighted by atomic mass is 9.96. The molecule has 1 aromatic carbocycles. The molecule has 1 aliphatic carbocycles. The number of carbonyl (C=O) groups is 1. The van der Waals surface area contributed by atoms with E-state index in [-0.39, 0.29) is 5.69 Å². The van der Waals surface area contributed by atoms with Crippen LogP contribution in [0.1, 0.15) is 40.6 Å². The first-order valence-electron chi connectivity index (χ1n) is 11.2. The SMILES string of the molecule is O=C(O)c1cnc2cc(N3CC(C=Cc4c(-c5c(Cl)cncc5Cl)noc4C4CC4)C3)ccc2n1. The van der Waals surface area contributed by atoms with Crippen LogP contribution in [0.4, 0.5) is 5.69 Å². The van der Waals surface area contributed by atoms with Crippen molar-refractivity contribution in [2.24, 2.45) is 5.92 Å². The molecule has 0 spiro atoms. The van der Waals surface area contributed by atoms with Crippen LogP contribution in [-0.4, -0.2) is 44.3 Å². The average molecular weight is 508 g/mol. The van der Waals surface area contributed by atoms with E-state index in [2.05, 4.69) is 37.2 Å². The number of carboxylic acid groups (broad SMARTS) is 1. The van der Waals surface area contributed by atoms with Gasteiger partial charge in [0.2, 0.25) is 0 Å². The topological polar surface area (TPSA) is 105 Å². The lowest BCUT2D eigenvalue weighted by Crippen LogP contribution is -2.45. The molecule has 8 nitrogen and oxygen atoms in total. The second kappa shape index (κ2) is 8.62. The summed E-state index contributed by atoms with van der Waals surface area (Å²) in [5.74, 6) is 0.526. The summed E-state index contributed by atoms with van der Waals surface area (Å²) in [6.07, 6.45) is 10.8. The maximum atomic E-state index is 11.1. The van der Waals surface area contributed by atoms with Crippen molar-refractivity contribution in [3.63, 3.8) is 0 Å². The molecule has 2 aliphatic rings. The number of aromatic carboxylic acids is 1. The fourth-order valence-electron chi connectivity index (χ4n) is 4.31. The molecule has 10 heteroatoms. The summed E-state index contributed by atoms with van der Waals surface area (Å²) in [6.45, 7) is 1.69. The number of carboxylic acids is 1. The quantitative estimate of drug-likeness (QED) is 0.353. The summed E-state index contributed by atoms with van der Waals surface area (Å²) < 4.78 is 5.72. The minimum Gasteiger partial charge on any atom is -0.476 e. The lowest BCUT2D eigenvalue weighted by Gasteiger charge is -2.39. The van der Waals surface area contributed by atoms with E-state index in [1.54, 1.807) is 18.5 Å². The molecule has 0 unspecified atom stereocenters. The molecule has 1 aliphatic heterocycles. The zero-order valence-electron chi connectivity index (χ0n) is 18.4. The minimum absolute atomic E-state index is 0.0626. The summed E-state index contributed by atoms with van der Waals surface area (Å²) in [6, 6.07) is 5.69. The maximum absolute atomic E-state index is 11.1. The molecular weight excluding hydrogens is 489 g/mol. The van der Waals surface area contributed by atoms with Crippen LogP contribution in [0.3, 0.4) is 0 Å². The lowest BCUT2D eigenvalue weighted by molar-refractivity contribution is 0.0690. The van der Waals surface area contributed by atoms with E-state index in [9.17, 15) is 4.79 Å².